The van der Waals surface area contributed by atoms with Gasteiger partial charge in [0.2, 0.25) is 0 Å². The fourth-order valence-electron chi connectivity index (χ4n) is 1.28. The van der Waals surface area contributed by atoms with Crippen molar-refractivity contribution in [1.29, 1.82) is 0 Å². The third-order valence-electron chi connectivity index (χ3n) is 2.89. The van der Waals surface area contributed by atoms with Gasteiger partial charge in [-0.15, -0.1) is 0 Å². The zero-order valence-electron chi connectivity index (χ0n) is 10.00. The van der Waals surface area contributed by atoms with Crippen molar-refractivity contribution in [3.63, 3.8) is 0 Å². The number of hydrogen-bond donors (Lipinski definition) is 1. The molecule has 17 heavy (non-hydrogen) atoms. The number of halogens is 2. The molecule has 94 valence electrons. The number of carbonyl (C=O) groups is 1. The van der Waals surface area contributed by atoms with Gasteiger partial charge in [0.15, 0.2) is 0 Å². The highest BCUT2D eigenvalue weighted by atomic mass is 35.5. The van der Waals surface area contributed by atoms with Gasteiger partial charge in [-0.2, -0.15) is 0 Å². The number of benzene rings is 1. The van der Waals surface area contributed by atoms with Crippen LogP contribution in [0, 0.1) is 5.82 Å². The van der Waals surface area contributed by atoms with Gasteiger partial charge in [-0.3, -0.25) is 9.69 Å². The molecule has 0 saturated carbocycles. The predicted molar refractivity (Wildman–Crippen MR) is 64.6 cm³/mol. The van der Waals surface area contributed by atoms with Crippen LogP contribution < -0.4 is 0 Å². The molecule has 1 rings (SSSR count). The lowest BCUT2D eigenvalue weighted by Crippen LogP contribution is -2.47. The van der Waals surface area contributed by atoms with Crippen molar-refractivity contribution in [2.45, 2.75) is 25.9 Å². The zero-order valence-corrected chi connectivity index (χ0v) is 10.8. The molecule has 0 radical (unpaired) electrons. The summed E-state index contributed by atoms with van der Waals surface area (Å²) in [6.07, 6.45) is 0. The van der Waals surface area contributed by atoms with Gasteiger partial charge in [0, 0.05) is 11.6 Å². The number of carboxylic acid groups (broad SMARTS) is 1. The summed E-state index contributed by atoms with van der Waals surface area (Å²) in [6, 6.07) is 4.05. The molecule has 0 fully saturated rings. The van der Waals surface area contributed by atoms with E-state index >= 15 is 0 Å². The molecule has 0 aliphatic rings. The van der Waals surface area contributed by atoms with Crippen molar-refractivity contribution in [1.82, 2.24) is 4.90 Å². The molecular weight excluding hydrogens is 245 g/mol. The molecule has 0 amide bonds. The second-order valence-electron chi connectivity index (χ2n) is 4.46. The van der Waals surface area contributed by atoms with Gasteiger partial charge in [-0.25, -0.2) is 4.39 Å². The van der Waals surface area contributed by atoms with Gasteiger partial charge in [-0.05, 0) is 44.7 Å². The smallest absolute Gasteiger partial charge is 0.323 e. The molecule has 0 aliphatic heterocycles. The third-order valence-corrected chi connectivity index (χ3v) is 3.26. The maximum atomic E-state index is 13.1. The summed E-state index contributed by atoms with van der Waals surface area (Å²) < 4.78 is 13.1. The first-order valence-corrected chi connectivity index (χ1v) is 5.51. The normalized spacial score (nSPS) is 11.9. The Morgan fingerprint density at radius 1 is 1.53 bits per heavy atom. The molecule has 1 aromatic carbocycles. The molecule has 0 spiro atoms. The van der Waals surface area contributed by atoms with Crippen molar-refractivity contribution in [3.8, 4) is 0 Å². The second-order valence-corrected chi connectivity index (χ2v) is 4.86. The molecule has 0 aliphatic carbocycles. The van der Waals surface area contributed by atoms with Crippen molar-refractivity contribution in [2.75, 3.05) is 7.05 Å². The first-order chi connectivity index (χ1) is 7.75. The Hall–Kier alpha value is -1.13. The van der Waals surface area contributed by atoms with Crippen LogP contribution in [-0.4, -0.2) is 28.6 Å². The number of likely N-dealkylation sites (N-methyl/N-ethyl adjacent to an activating group) is 1. The fourth-order valence-corrected chi connectivity index (χ4v) is 1.46. The largest absolute Gasteiger partial charge is 0.480 e. The summed E-state index contributed by atoms with van der Waals surface area (Å²) in [5.41, 5.74) is -0.459. The van der Waals surface area contributed by atoms with Crippen LogP contribution in [0.15, 0.2) is 18.2 Å². The molecule has 0 atom stereocenters. The van der Waals surface area contributed by atoms with Crippen LogP contribution in [-0.2, 0) is 11.3 Å². The Bertz CT molecular complexity index is 435. The number of rotatable bonds is 4. The quantitative estimate of drug-likeness (QED) is 0.904. The minimum absolute atomic E-state index is 0.274. The molecule has 5 heteroatoms. The van der Waals surface area contributed by atoms with Crippen molar-refractivity contribution in [2.24, 2.45) is 0 Å². The molecule has 1 N–H and O–H groups in total. The van der Waals surface area contributed by atoms with Gasteiger partial charge < -0.3 is 5.11 Å². The molecule has 1 aromatic rings. The van der Waals surface area contributed by atoms with Crippen LogP contribution in [0.1, 0.15) is 19.4 Å². The van der Waals surface area contributed by atoms with Crippen molar-refractivity contribution < 1.29 is 14.3 Å². The maximum absolute atomic E-state index is 13.1. The summed E-state index contributed by atoms with van der Waals surface area (Å²) in [7, 11) is 1.66. The molecule has 3 nitrogen and oxygen atoms in total. The van der Waals surface area contributed by atoms with E-state index in [0.717, 1.165) is 0 Å². The van der Waals surface area contributed by atoms with Crippen LogP contribution in [0.2, 0.25) is 5.02 Å². The standard InChI is InChI=1S/C12H15ClFNO2/c1-12(2,11(16)17)15(3)7-8-6-9(14)4-5-10(8)13/h4-6H,7H2,1-3H3,(H,16,17). The van der Waals surface area contributed by atoms with E-state index in [9.17, 15) is 9.18 Å². The topological polar surface area (TPSA) is 40.5 Å². The maximum Gasteiger partial charge on any atom is 0.323 e. The molecule has 0 saturated heterocycles. The summed E-state index contributed by atoms with van der Waals surface area (Å²) in [5.74, 6) is -1.32. The van der Waals surface area contributed by atoms with Crippen LogP contribution in [0.25, 0.3) is 0 Å². The predicted octanol–water partition coefficient (Wildman–Crippen LogP) is 2.77. The summed E-state index contributed by atoms with van der Waals surface area (Å²) >= 11 is 5.93. The van der Waals surface area contributed by atoms with Crippen molar-refractivity contribution in [3.05, 3.63) is 34.6 Å². The van der Waals surface area contributed by atoms with Gasteiger partial charge in [0.1, 0.15) is 11.4 Å². The van der Waals surface area contributed by atoms with Gasteiger partial charge in [-0.1, -0.05) is 11.6 Å². The van der Waals surface area contributed by atoms with E-state index in [1.165, 1.54) is 18.2 Å². The van der Waals surface area contributed by atoms with Crippen LogP contribution in [0.5, 0.6) is 0 Å². The molecule has 0 unspecified atom stereocenters. The highest BCUT2D eigenvalue weighted by Crippen LogP contribution is 2.22. The van der Waals surface area contributed by atoms with E-state index in [1.807, 2.05) is 0 Å². The highest BCUT2D eigenvalue weighted by molar-refractivity contribution is 6.31. The van der Waals surface area contributed by atoms with Gasteiger partial charge >= 0.3 is 5.97 Å². The Morgan fingerprint density at radius 2 is 2.12 bits per heavy atom. The van der Waals surface area contributed by atoms with Crippen LogP contribution in [0.3, 0.4) is 0 Å². The Labute approximate surface area is 105 Å². The SMILES string of the molecule is CN(Cc1cc(F)ccc1Cl)C(C)(C)C(=O)O. The second kappa shape index (κ2) is 5.02. The summed E-state index contributed by atoms with van der Waals surface area (Å²) in [5, 5.41) is 9.49. The first-order valence-electron chi connectivity index (χ1n) is 5.13. The highest BCUT2D eigenvalue weighted by Gasteiger charge is 2.32. The van der Waals surface area contributed by atoms with Crippen molar-refractivity contribution >= 4 is 17.6 Å². The number of nitrogens with zero attached hydrogens (tertiary/aromatic N) is 1. The monoisotopic (exact) mass is 259 g/mol. The third kappa shape index (κ3) is 3.17. The van der Waals surface area contributed by atoms with E-state index in [4.69, 9.17) is 16.7 Å². The first kappa shape index (κ1) is 13.9. The van der Waals surface area contributed by atoms with E-state index in [0.29, 0.717) is 10.6 Å². The number of carboxylic acids is 1. The fraction of sp³-hybridized carbons (Fsp3) is 0.417. The van der Waals surface area contributed by atoms with Crippen LogP contribution in [0.4, 0.5) is 4.39 Å². The molecule has 0 bridgehead atoms. The Kier molecular flexibility index (Phi) is 4.11. The lowest BCUT2D eigenvalue weighted by atomic mass is 10.0. The number of hydrogen-bond acceptors (Lipinski definition) is 2. The van der Waals surface area contributed by atoms with E-state index in [-0.39, 0.29) is 12.4 Å². The van der Waals surface area contributed by atoms with Crippen LogP contribution >= 0.6 is 11.6 Å². The summed E-state index contributed by atoms with van der Waals surface area (Å²) in [4.78, 5) is 12.7. The van der Waals surface area contributed by atoms with Gasteiger partial charge in [0.05, 0.1) is 0 Å². The summed E-state index contributed by atoms with van der Waals surface area (Å²) in [6.45, 7) is 3.45. The Morgan fingerprint density at radius 3 is 2.65 bits per heavy atom. The molecule has 0 heterocycles. The lowest BCUT2D eigenvalue weighted by Gasteiger charge is -2.31. The Balaban J connectivity index is 2.91. The van der Waals surface area contributed by atoms with E-state index in [1.54, 1.807) is 25.8 Å². The molecule has 0 aromatic heterocycles. The average molecular weight is 260 g/mol. The minimum atomic E-state index is -1.03. The van der Waals surface area contributed by atoms with E-state index in [2.05, 4.69) is 0 Å². The minimum Gasteiger partial charge on any atom is -0.480 e. The van der Waals surface area contributed by atoms with Gasteiger partial charge in [0.25, 0.3) is 0 Å². The number of aliphatic carboxylic acids is 1. The average Bonchev–Trinajstić information content (AvgIpc) is 2.23. The zero-order chi connectivity index (χ0) is 13.2. The molecular formula is C12H15ClFNO2. The van der Waals surface area contributed by atoms with E-state index < -0.39 is 11.5 Å². The lowest BCUT2D eigenvalue weighted by molar-refractivity contribution is -0.148.